The van der Waals surface area contributed by atoms with Crippen LogP contribution in [-0.4, -0.2) is 14.5 Å². The third-order valence-electron chi connectivity index (χ3n) is 10.0. The van der Waals surface area contributed by atoms with Crippen molar-refractivity contribution in [2.24, 2.45) is 0 Å². The molecule has 0 saturated heterocycles. The number of para-hydroxylation sites is 1. The molecule has 0 bridgehead atoms. The summed E-state index contributed by atoms with van der Waals surface area (Å²) in [6.45, 7) is 4.71. The van der Waals surface area contributed by atoms with E-state index in [0.29, 0.717) is 0 Å². The Morgan fingerprint density at radius 2 is 1.28 bits per heavy atom. The summed E-state index contributed by atoms with van der Waals surface area (Å²) in [4.78, 5) is 10.3. The summed E-state index contributed by atoms with van der Waals surface area (Å²) in [6.07, 6.45) is 0. The fraction of sp³-hybridized carbons (Fsp3) is 0.0698. The maximum atomic E-state index is 5.20. The molecule has 0 fully saturated rings. The predicted octanol–water partition coefficient (Wildman–Crippen LogP) is 11.6. The Hall–Kier alpha value is -5.58. The van der Waals surface area contributed by atoms with Gasteiger partial charge in [-0.2, -0.15) is 0 Å². The molecule has 6 aromatic carbocycles. The fourth-order valence-corrected chi connectivity index (χ4v) is 8.87. The molecular formula is C43H29N3S. The van der Waals surface area contributed by atoms with Crippen LogP contribution < -0.4 is 0 Å². The van der Waals surface area contributed by atoms with E-state index in [1.165, 1.54) is 54.1 Å². The van der Waals surface area contributed by atoms with E-state index in [0.717, 1.165) is 38.5 Å². The number of thiophene rings is 1. The van der Waals surface area contributed by atoms with Crippen molar-refractivity contribution in [2.45, 2.75) is 19.3 Å². The molecule has 0 amide bonds. The zero-order valence-electron chi connectivity index (χ0n) is 26.0. The van der Waals surface area contributed by atoms with Crippen molar-refractivity contribution in [2.75, 3.05) is 0 Å². The normalized spacial score (nSPS) is 13.5. The van der Waals surface area contributed by atoms with Gasteiger partial charge in [-0.1, -0.05) is 117 Å². The van der Waals surface area contributed by atoms with Crippen LogP contribution in [0.1, 0.15) is 25.0 Å². The van der Waals surface area contributed by atoms with E-state index in [1.54, 1.807) is 11.3 Å². The number of hydrogen-bond donors (Lipinski definition) is 0. The lowest BCUT2D eigenvalue weighted by molar-refractivity contribution is 0.661. The fourth-order valence-electron chi connectivity index (χ4n) is 7.71. The highest BCUT2D eigenvalue weighted by Gasteiger charge is 2.36. The van der Waals surface area contributed by atoms with E-state index in [1.807, 2.05) is 18.2 Å². The number of aromatic nitrogens is 3. The Labute approximate surface area is 276 Å². The number of hydrogen-bond acceptors (Lipinski definition) is 3. The summed E-state index contributed by atoms with van der Waals surface area (Å²) in [5.74, 6) is 0.751. The minimum Gasteiger partial charge on any atom is -0.309 e. The van der Waals surface area contributed by atoms with Gasteiger partial charge >= 0.3 is 0 Å². The maximum Gasteiger partial charge on any atom is 0.160 e. The Balaban J connectivity index is 1.18. The van der Waals surface area contributed by atoms with Gasteiger partial charge in [0.2, 0.25) is 0 Å². The second-order valence-electron chi connectivity index (χ2n) is 13.0. The van der Waals surface area contributed by atoms with Crippen LogP contribution in [-0.2, 0) is 5.41 Å². The molecule has 0 atom stereocenters. The number of fused-ring (bicyclic) bond motifs is 9. The molecule has 3 nitrogen and oxygen atoms in total. The average Bonchev–Trinajstić information content (AvgIpc) is 3.73. The summed E-state index contributed by atoms with van der Waals surface area (Å²) < 4.78 is 4.77. The Bertz CT molecular complexity index is 2700. The van der Waals surface area contributed by atoms with E-state index in [4.69, 9.17) is 9.97 Å². The van der Waals surface area contributed by atoms with Crippen LogP contribution in [0, 0.1) is 0 Å². The molecule has 0 radical (unpaired) electrons. The van der Waals surface area contributed by atoms with Gasteiger partial charge in [0.15, 0.2) is 5.82 Å². The monoisotopic (exact) mass is 619 g/mol. The highest BCUT2D eigenvalue weighted by molar-refractivity contribution is 7.26. The highest BCUT2D eigenvalue weighted by Crippen LogP contribution is 2.51. The van der Waals surface area contributed by atoms with Gasteiger partial charge in [0.1, 0.15) is 0 Å². The number of rotatable bonds is 3. The van der Waals surface area contributed by atoms with Crippen LogP contribution in [0.5, 0.6) is 0 Å². The molecule has 0 unspecified atom stereocenters. The van der Waals surface area contributed by atoms with Crippen LogP contribution >= 0.6 is 11.3 Å². The lowest BCUT2D eigenvalue weighted by Gasteiger charge is -2.21. The van der Waals surface area contributed by atoms with Gasteiger partial charge in [-0.05, 0) is 58.7 Å². The van der Waals surface area contributed by atoms with Crippen molar-refractivity contribution in [3.63, 3.8) is 0 Å². The third-order valence-corrected chi connectivity index (χ3v) is 11.2. The molecule has 1 aliphatic carbocycles. The lowest BCUT2D eigenvalue weighted by atomic mass is 9.82. The molecule has 0 spiro atoms. The van der Waals surface area contributed by atoms with E-state index in [9.17, 15) is 0 Å². The second kappa shape index (κ2) is 9.71. The highest BCUT2D eigenvalue weighted by atomic mass is 32.1. The van der Waals surface area contributed by atoms with Crippen molar-refractivity contribution in [1.82, 2.24) is 14.5 Å². The largest absolute Gasteiger partial charge is 0.309 e. The van der Waals surface area contributed by atoms with E-state index < -0.39 is 0 Å². The summed E-state index contributed by atoms with van der Waals surface area (Å²) in [5.41, 5.74) is 13.1. The molecule has 3 heterocycles. The molecule has 10 rings (SSSR count). The van der Waals surface area contributed by atoms with E-state index in [-0.39, 0.29) is 5.41 Å². The van der Waals surface area contributed by atoms with Gasteiger partial charge in [0.05, 0.1) is 26.9 Å². The first kappa shape index (κ1) is 26.6. The quantitative estimate of drug-likeness (QED) is 0.197. The van der Waals surface area contributed by atoms with Crippen LogP contribution in [0.25, 0.3) is 81.6 Å². The van der Waals surface area contributed by atoms with E-state index >= 15 is 0 Å². The topological polar surface area (TPSA) is 30.7 Å². The van der Waals surface area contributed by atoms with Crippen molar-refractivity contribution < 1.29 is 0 Å². The summed E-state index contributed by atoms with van der Waals surface area (Å²) in [7, 11) is 0. The van der Waals surface area contributed by atoms with Crippen LogP contribution in [0.2, 0.25) is 0 Å². The predicted molar refractivity (Wildman–Crippen MR) is 198 cm³/mol. The Kier molecular flexibility index (Phi) is 5.50. The van der Waals surface area contributed by atoms with Crippen molar-refractivity contribution in [1.29, 1.82) is 0 Å². The molecule has 47 heavy (non-hydrogen) atoms. The first-order valence-corrected chi connectivity index (χ1v) is 16.9. The summed E-state index contributed by atoms with van der Waals surface area (Å²) in [6, 6.07) is 50.3. The molecule has 1 aliphatic rings. The number of nitrogens with zero attached hydrogens (tertiary/aromatic N) is 3. The van der Waals surface area contributed by atoms with E-state index in [2.05, 4.69) is 140 Å². The van der Waals surface area contributed by atoms with Gasteiger partial charge in [0, 0.05) is 43.1 Å². The first-order chi connectivity index (χ1) is 23.1. The van der Waals surface area contributed by atoms with Gasteiger partial charge in [-0.25, -0.2) is 9.97 Å². The van der Waals surface area contributed by atoms with Gasteiger partial charge in [-0.15, -0.1) is 11.3 Å². The maximum absolute atomic E-state index is 5.20. The molecular weight excluding hydrogens is 591 g/mol. The zero-order chi connectivity index (χ0) is 31.3. The Morgan fingerprint density at radius 1 is 0.553 bits per heavy atom. The standard InChI is InChI=1S/C43H29N3S/c1-43(2)34-17-9-6-14-29(34)32-24-33-30-15-7-10-18-36(30)46(37(33)25-35(32)43)28-22-20-26(21-23-28)39-41-40(31-16-8-11-19-38(31)47-41)45-42(44-39)27-12-4-3-5-13-27/h3-25H,1-2H3. The first-order valence-electron chi connectivity index (χ1n) is 16.1. The van der Waals surface area contributed by atoms with Crippen LogP contribution in [0.15, 0.2) is 140 Å². The molecule has 0 N–H and O–H groups in total. The van der Waals surface area contributed by atoms with Crippen LogP contribution in [0.3, 0.4) is 0 Å². The molecule has 3 aromatic heterocycles. The number of benzene rings is 6. The molecule has 222 valence electrons. The molecule has 0 saturated carbocycles. The molecule has 0 aliphatic heterocycles. The average molecular weight is 620 g/mol. The molecule has 9 aromatic rings. The molecule has 4 heteroatoms. The van der Waals surface area contributed by atoms with Gasteiger partial charge < -0.3 is 4.57 Å². The third kappa shape index (κ3) is 3.79. The van der Waals surface area contributed by atoms with Crippen molar-refractivity contribution in [3.05, 3.63) is 151 Å². The SMILES string of the molecule is CC1(C)c2ccccc2-c2cc3c4ccccc4n(-c4ccc(-c5nc(-c6ccccc6)nc6c5sc5ccccc56)cc4)c3cc21. The van der Waals surface area contributed by atoms with Crippen molar-refractivity contribution in [3.8, 4) is 39.5 Å². The lowest BCUT2D eigenvalue weighted by Crippen LogP contribution is -2.14. The van der Waals surface area contributed by atoms with Gasteiger partial charge in [0.25, 0.3) is 0 Å². The summed E-state index contributed by atoms with van der Waals surface area (Å²) >= 11 is 1.77. The zero-order valence-corrected chi connectivity index (χ0v) is 26.8. The second-order valence-corrected chi connectivity index (χ2v) is 14.1. The minimum atomic E-state index is -0.0651. The minimum absolute atomic E-state index is 0.0651. The van der Waals surface area contributed by atoms with Crippen molar-refractivity contribution >= 4 is 53.4 Å². The van der Waals surface area contributed by atoms with Gasteiger partial charge in [-0.3, -0.25) is 0 Å². The smallest absolute Gasteiger partial charge is 0.160 e. The summed E-state index contributed by atoms with van der Waals surface area (Å²) in [5, 5.41) is 3.73. The Morgan fingerprint density at radius 3 is 2.13 bits per heavy atom. The van der Waals surface area contributed by atoms with Crippen LogP contribution in [0.4, 0.5) is 0 Å².